The van der Waals surface area contributed by atoms with Crippen LogP contribution in [0.3, 0.4) is 0 Å². The molecule has 4 aliphatic carbocycles. The van der Waals surface area contributed by atoms with Crippen molar-refractivity contribution in [1.29, 1.82) is 0 Å². The number of cyclic esters (lactones) is 1. The third kappa shape index (κ3) is 5.36. The van der Waals surface area contributed by atoms with Crippen LogP contribution in [0.15, 0.2) is 0 Å². The summed E-state index contributed by atoms with van der Waals surface area (Å²) in [6, 6.07) is 0. The largest absolute Gasteiger partial charge is 0.465 e. The van der Waals surface area contributed by atoms with Crippen LogP contribution < -0.4 is 0 Å². The van der Waals surface area contributed by atoms with Crippen LogP contribution in [-0.4, -0.2) is 24.1 Å². The summed E-state index contributed by atoms with van der Waals surface area (Å²) in [5.41, 5.74) is -0.385. The average molecular weight is 483 g/mol. The van der Waals surface area contributed by atoms with Gasteiger partial charge >= 0.3 is 11.9 Å². The summed E-state index contributed by atoms with van der Waals surface area (Å²) in [4.78, 5) is 23.9. The van der Waals surface area contributed by atoms with E-state index in [-0.39, 0.29) is 58.6 Å². The van der Waals surface area contributed by atoms with Gasteiger partial charge in [0.25, 0.3) is 0 Å². The number of hydrogen-bond acceptors (Lipinski definition) is 4. The number of carbonyl (C=O) groups excluding carboxylic acids is 2. The standard InChI is InChI=1S/C14H24O2.C12H18O2.4CH4/c1-8-9(2)11-6-10(8)7-12(11)13(15)16-14(3,4)5;1-7-8(2)10-5-9(7)6-12(10)3-4-14-11(12)13;;;;/h8-12H,6-7H2,1-5H3;7-10H,3-6H2,1-2H3;4*1H4. The van der Waals surface area contributed by atoms with E-state index < -0.39 is 0 Å². The fourth-order valence-electron chi connectivity index (χ4n) is 7.85. The normalized spacial score (nSPS) is 42.9. The van der Waals surface area contributed by atoms with Crippen molar-refractivity contribution >= 4 is 11.9 Å². The molecule has 1 heterocycles. The summed E-state index contributed by atoms with van der Waals surface area (Å²) in [6.07, 6.45) is 5.68. The minimum Gasteiger partial charge on any atom is -0.465 e. The first-order chi connectivity index (χ1) is 13.9. The summed E-state index contributed by atoms with van der Waals surface area (Å²) in [5, 5.41) is 0. The lowest BCUT2D eigenvalue weighted by Crippen LogP contribution is -2.38. The van der Waals surface area contributed by atoms with E-state index in [1.54, 1.807) is 0 Å². The Labute approximate surface area is 212 Å². The minimum atomic E-state index is -0.340. The fraction of sp³-hybridized carbons (Fsp3) is 0.933. The molecule has 0 aromatic carbocycles. The Kier molecular flexibility index (Phi) is 11.0. The number of fused-ring (bicyclic) bond motifs is 5. The number of hydrogen-bond donors (Lipinski definition) is 0. The second-order valence-electron chi connectivity index (χ2n) is 12.3. The van der Waals surface area contributed by atoms with Crippen LogP contribution in [-0.2, 0) is 19.1 Å². The van der Waals surface area contributed by atoms with Crippen molar-refractivity contribution in [1.82, 2.24) is 0 Å². The second kappa shape index (κ2) is 11.3. The van der Waals surface area contributed by atoms with E-state index in [0.717, 1.165) is 48.9 Å². The molecule has 1 spiro atoms. The molecular formula is C30H58O4. The smallest absolute Gasteiger partial charge is 0.312 e. The quantitative estimate of drug-likeness (QED) is 0.355. The van der Waals surface area contributed by atoms with E-state index in [4.69, 9.17) is 9.47 Å². The van der Waals surface area contributed by atoms with Crippen molar-refractivity contribution in [2.45, 2.75) is 116 Å². The highest BCUT2D eigenvalue weighted by atomic mass is 16.6. The number of rotatable bonds is 1. The van der Waals surface area contributed by atoms with Gasteiger partial charge in [0.05, 0.1) is 17.9 Å². The lowest BCUT2D eigenvalue weighted by Gasteiger charge is -2.37. The number of esters is 2. The van der Waals surface area contributed by atoms with Crippen LogP contribution in [0.2, 0.25) is 0 Å². The molecule has 10 unspecified atom stereocenters. The van der Waals surface area contributed by atoms with Crippen LogP contribution in [0.5, 0.6) is 0 Å². The maximum atomic E-state index is 12.1. The Hall–Kier alpha value is -1.06. The van der Waals surface area contributed by atoms with Crippen molar-refractivity contribution in [2.24, 2.45) is 58.7 Å². The summed E-state index contributed by atoms with van der Waals surface area (Å²) < 4.78 is 10.7. The predicted octanol–water partition coefficient (Wildman–Crippen LogP) is 8.03. The zero-order chi connectivity index (χ0) is 22.0. The van der Waals surface area contributed by atoms with E-state index in [0.29, 0.717) is 24.4 Å². The molecule has 0 N–H and O–H groups in total. The van der Waals surface area contributed by atoms with Gasteiger partial charge in [0.2, 0.25) is 0 Å². The van der Waals surface area contributed by atoms with Gasteiger partial charge in [-0.2, -0.15) is 0 Å². The van der Waals surface area contributed by atoms with Gasteiger partial charge in [-0.15, -0.1) is 0 Å². The Balaban J connectivity index is 0.000000576. The molecule has 4 heteroatoms. The Morgan fingerprint density at radius 1 is 0.882 bits per heavy atom. The van der Waals surface area contributed by atoms with Gasteiger partial charge in [0.15, 0.2) is 0 Å². The third-order valence-electron chi connectivity index (χ3n) is 9.89. The van der Waals surface area contributed by atoms with E-state index >= 15 is 0 Å². The molecule has 4 nitrogen and oxygen atoms in total. The molecule has 0 aromatic heterocycles. The van der Waals surface area contributed by atoms with Crippen molar-refractivity contribution in [2.75, 3.05) is 6.61 Å². The van der Waals surface area contributed by atoms with Crippen LogP contribution in [0.4, 0.5) is 0 Å². The molecule has 4 bridgehead atoms. The SMILES string of the molecule is C.C.C.C.CC1C2CC(C(=O)OC(C)(C)C)C(C2)C1C.CC1C2CC(C1C)C1(CCOC1=O)C2. The van der Waals surface area contributed by atoms with Gasteiger partial charge < -0.3 is 9.47 Å². The molecule has 0 amide bonds. The van der Waals surface area contributed by atoms with E-state index in [2.05, 4.69) is 27.7 Å². The minimum absolute atomic E-state index is 0. The van der Waals surface area contributed by atoms with Gasteiger partial charge in [-0.25, -0.2) is 0 Å². The Morgan fingerprint density at radius 2 is 1.47 bits per heavy atom. The van der Waals surface area contributed by atoms with Gasteiger partial charge in [-0.05, 0) is 100 Å². The first kappa shape index (κ1) is 32.9. The Morgan fingerprint density at radius 3 is 1.88 bits per heavy atom. The third-order valence-corrected chi connectivity index (χ3v) is 9.89. The zero-order valence-corrected chi connectivity index (χ0v) is 20.1. The predicted molar refractivity (Wildman–Crippen MR) is 143 cm³/mol. The van der Waals surface area contributed by atoms with Crippen molar-refractivity contribution in [3.63, 3.8) is 0 Å². The molecule has 34 heavy (non-hydrogen) atoms. The van der Waals surface area contributed by atoms with E-state index in [1.165, 1.54) is 12.8 Å². The summed E-state index contributed by atoms with van der Waals surface area (Å²) >= 11 is 0. The highest BCUT2D eigenvalue weighted by molar-refractivity contribution is 5.79. The molecule has 4 saturated carbocycles. The molecule has 5 fully saturated rings. The fourth-order valence-corrected chi connectivity index (χ4v) is 7.85. The molecule has 0 aromatic rings. The molecule has 0 radical (unpaired) electrons. The van der Waals surface area contributed by atoms with Gasteiger partial charge in [-0.1, -0.05) is 57.4 Å². The lowest BCUT2D eigenvalue weighted by molar-refractivity contribution is -0.163. The van der Waals surface area contributed by atoms with Crippen LogP contribution in [0.25, 0.3) is 0 Å². The molecule has 5 rings (SSSR count). The van der Waals surface area contributed by atoms with Crippen LogP contribution in [0, 0.1) is 58.7 Å². The van der Waals surface area contributed by atoms with Crippen LogP contribution >= 0.6 is 0 Å². The van der Waals surface area contributed by atoms with Crippen molar-refractivity contribution in [3.8, 4) is 0 Å². The maximum absolute atomic E-state index is 12.1. The first-order valence-corrected chi connectivity index (χ1v) is 12.3. The van der Waals surface area contributed by atoms with E-state index in [9.17, 15) is 9.59 Å². The molecule has 1 saturated heterocycles. The van der Waals surface area contributed by atoms with Crippen molar-refractivity contribution < 1.29 is 19.1 Å². The van der Waals surface area contributed by atoms with Crippen molar-refractivity contribution in [3.05, 3.63) is 0 Å². The van der Waals surface area contributed by atoms with Crippen LogP contribution in [0.1, 0.15) is 110 Å². The van der Waals surface area contributed by atoms with Gasteiger partial charge in [0, 0.05) is 0 Å². The highest BCUT2D eigenvalue weighted by Gasteiger charge is 2.63. The average Bonchev–Trinajstić information content (AvgIpc) is 3.43. The topological polar surface area (TPSA) is 52.6 Å². The molecular weight excluding hydrogens is 424 g/mol. The van der Waals surface area contributed by atoms with Gasteiger partial charge in [-0.3, -0.25) is 9.59 Å². The molecule has 10 atom stereocenters. The molecule has 1 aliphatic heterocycles. The second-order valence-corrected chi connectivity index (χ2v) is 12.3. The first-order valence-electron chi connectivity index (χ1n) is 12.3. The Bertz CT molecular complexity index is 690. The number of ether oxygens (including phenoxy) is 2. The summed E-state index contributed by atoms with van der Waals surface area (Å²) in [5.74, 6) is 6.11. The van der Waals surface area contributed by atoms with Gasteiger partial charge in [0.1, 0.15) is 5.60 Å². The summed E-state index contributed by atoms with van der Waals surface area (Å²) in [6.45, 7) is 15.8. The highest BCUT2D eigenvalue weighted by Crippen LogP contribution is 2.64. The zero-order valence-electron chi connectivity index (χ0n) is 20.1. The molecule has 5 aliphatic rings. The number of carbonyl (C=O) groups is 2. The lowest BCUT2D eigenvalue weighted by atomic mass is 9.65. The van der Waals surface area contributed by atoms with E-state index in [1.807, 2.05) is 20.8 Å². The monoisotopic (exact) mass is 482 g/mol. The maximum Gasteiger partial charge on any atom is 0.312 e. The molecule has 202 valence electrons. The summed E-state index contributed by atoms with van der Waals surface area (Å²) in [7, 11) is 0.